The zero-order chi connectivity index (χ0) is 16.7. The molecule has 126 valence electrons. The van der Waals surface area contributed by atoms with Crippen LogP contribution in [0.3, 0.4) is 0 Å². The summed E-state index contributed by atoms with van der Waals surface area (Å²) in [5.41, 5.74) is 0.648. The number of rotatable bonds is 3. The Kier molecular flexibility index (Phi) is 3.79. The van der Waals surface area contributed by atoms with E-state index < -0.39 is 0 Å². The molecule has 1 aliphatic heterocycles. The minimum Gasteiger partial charge on any atom is -0.341 e. The number of aryl methyl sites for hydroxylation is 1. The lowest BCUT2D eigenvalue weighted by Gasteiger charge is -2.24. The smallest absolute Gasteiger partial charge is 0.234 e. The Morgan fingerprint density at radius 2 is 2.42 bits per heavy atom. The third kappa shape index (κ3) is 2.49. The van der Waals surface area contributed by atoms with Gasteiger partial charge in [-0.05, 0) is 37.3 Å². The molecule has 2 atom stereocenters. The maximum Gasteiger partial charge on any atom is 0.234 e. The molecule has 6 nitrogen and oxygen atoms in total. The van der Waals surface area contributed by atoms with Crippen LogP contribution in [0.2, 0.25) is 5.02 Å². The molecule has 1 saturated heterocycles. The van der Waals surface area contributed by atoms with Gasteiger partial charge in [0.1, 0.15) is 0 Å². The molecule has 2 aromatic rings. The van der Waals surface area contributed by atoms with E-state index in [1.165, 1.54) is 0 Å². The van der Waals surface area contributed by atoms with Gasteiger partial charge in [-0.15, -0.1) is 0 Å². The number of pyridine rings is 1. The van der Waals surface area contributed by atoms with E-state index in [1.54, 1.807) is 18.5 Å². The van der Waals surface area contributed by atoms with Crippen molar-refractivity contribution in [2.24, 2.45) is 5.92 Å². The zero-order valence-corrected chi connectivity index (χ0v) is 14.3. The minimum atomic E-state index is -0.168. The molecular formula is C17H19ClN4O2. The van der Waals surface area contributed by atoms with Crippen LogP contribution in [0, 0.1) is 12.8 Å². The van der Waals surface area contributed by atoms with Gasteiger partial charge in [0.15, 0.2) is 5.82 Å². The molecule has 1 saturated carbocycles. The Morgan fingerprint density at radius 1 is 1.54 bits per heavy atom. The summed E-state index contributed by atoms with van der Waals surface area (Å²) in [5.74, 6) is 1.83. The Morgan fingerprint density at radius 3 is 3.17 bits per heavy atom. The van der Waals surface area contributed by atoms with E-state index in [-0.39, 0.29) is 11.3 Å². The summed E-state index contributed by atoms with van der Waals surface area (Å²) in [6.07, 6.45) is 6.78. The van der Waals surface area contributed by atoms with Crippen LogP contribution in [0.5, 0.6) is 0 Å². The standard InChI is InChI=1S/C17H19ClN4O2/c1-11-20-16(24-21-11)17-5-2-3-13(17)9-22(10-17)15(23)7-12-4-6-19-8-14(12)18/h4,6,8,13H,2-3,5,7,9-10H2,1H3/t13-,17-/m0/s1. The second kappa shape index (κ2) is 5.84. The molecule has 2 aliphatic rings. The fraction of sp³-hybridized carbons (Fsp3) is 0.529. The first-order valence-electron chi connectivity index (χ1n) is 8.25. The maximum absolute atomic E-state index is 12.8. The number of hydrogen-bond donors (Lipinski definition) is 0. The molecule has 0 spiro atoms. The van der Waals surface area contributed by atoms with Crippen LogP contribution in [0.4, 0.5) is 0 Å². The number of halogens is 1. The lowest BCUT2D eigenvalue weighted by molar-refractivity contribution is -0.129. The van der Waals surface area contributed by atoms with Gasteiger partial charge in [0, 0.05) is 25.5 Å². The van der Waals surface area contributed by atoms with Crippen LogP contribution in [0.25, 0.3) is 0 Å². The molecule has 1 aliphatic carbocycles. The summed E-state index contributed by atoms with van der Waals surface area (Å²) in [5, 5.41) is 4.49. The second-order valence-electron chi connectivity index (χ2n) is 6.81. The molecule has 4 rings (SSSR count). The van der Waals surface area contributed by atoms with Gasteiger partial charge in [-0.3, -0.25) is 9.78 Å². The Labute approximate surface area is 145 Å². The lowest BCUT2D eigenvalue weighted by atomic mass is 9.80. The number of aromatic nitrogens is 3. The normalized spacial score (nSPS) is 25.9. The van der Waals surface area contributed by atoms with Crippen LogP contribution in [0.1, 0.15) is 36.5 Å². The zero-order valence-electron chi connectivity index (χ0n) is 13.5. The minimum absolute atomic E-state index is 0.0908. The number of hydrogen-bond acceptors (Lipinski definition) is 5. The summed E-state index contributed by atoms with van der Waals surface area (Å²) in [6.45, 7) is 3.24. The van der Waals surface area contributed by atoms with Crippen molar-refractivity contribution in [2.75, 3.05) is 13.1 Å². The molecule has 0 N–H and O–H groups in total. The number of nitrogens with zero attached hydrogens (tertiary/aromatic N) is 4. The largest absolute Gasteiger partial charge is 0.341 e. The number of carbonyl (C=O) groups excluding carboxylic acids is 1. The predicted molar refractivity (Wildman–Crippen MR) is 87.6 cm³/mol. The van der Waals surface area contributed by atoms with Gasteiger partial charge < -0.3 is 9.42 Å². The van der Waals surface area contributed by atoms with Crippen LogP contribution >= 0.6 is 11.6 Å². The van der Waals surface area contributed by atoms with Crippen molar-refractivity contribution in [3.05, 3.63) is 40.8 Å². The Hall–Kier alpha value is -1.95. The van der Waals surface area contributed by atoms with Crippen molar-refractivity contribution in [1.29, 1.82) is 0 Å². The van der Waals surface area contributed by atoms with Crippen LogP contribution < -0.4 is 0 Å². The van der Waals surface area contributed by atoms with Crippen LogP contribution in [-0.4, -0.2) is 39.0 Å². The third-order valence-electron chi connectivity index (χ3n) is 5.38. The van der Waals surface area contributed by atoms with Crippen molar-refractivity contribution in [3.63, 3.8) is 0 Å². The Balaban J connectivity index is 1.55. The highest BCUT2D eigenvalue weighted by atomic mass is 35.5. The first-order chi connectivity index (χ1) is 11.6. The van der Waals surface area contributed by atoms with Crippen molar-refractivity contribution in [1.82, 2.24) is 20.0 Å². The van der Waals surface area contributed by atoms with Gasteiger partial charge in [0.25, 0.3) is 0 Å². The predicted octanol–water partition coefficient (Wildman–Crippen LogP) is 2.55. The summed E-state index contributed by atoms with van der Waals surface area (Å²) in [4.78, 5) is 23.1. The molecule has 2 aromatic heterocycles. The van der Waals surface area contributed by atoms with Crippen LogP contribution in [0.15, 0.2) is 23.0 Å². The molecule has 7 heteroatoms. The first kappa shape index (κ1) is 15.6. The molecule has 1 amide bonds. The number of amides is 1. The van der Waals surface area contributed by atoms with E-state index in [1.807, 2.05) is 11.8 Å². The van der Waals surface area contributed by atoms with E-state index in [0.29, 0.717) is 35.6 Å². The van der Waals surface area contributed by atoms with Crippen molar-refractivity contribution in [3.8, 4) is 0 Å². The fourth-order valence-corrected chi connectivity index (χ4v) is 4.34. The average Bonchev–Trinajstić information content (AvgIpc) is 3.23. The van der Waals surface area contributed by atoms with E-state index in [0.717, 1.165) is 31.4 Å². The number of fused-ring (bicyclic) bond motifs is 1. The molecule has 2 fully saturated rings. The quantitative estimate of drug-likeness (QED) is 0.854. The SMILES string of the molecule is Cc1noc([C@]23CCC[C@H]2CN(C(=O)Cc2ccncc2Cl)C3)n1. The summed E-state index contributed by atoms with van der Waals surface area (Å²) in [7, 11) is 0. The van der Waals surface area contributed by atoms with Gasteiger partial charge in [-0.2, -0.15) is 4.98 Å². The summed E-state index contributed by atoms with van der Waals surface area (Å²) < 4.78 is 5.49. The molecule has 0 unspecified atom stereocenters. The van der Waals surface area contributed by atoms with Gasteiger partial charge in [0.2, 0.25) is 11.8 Å². The van der Waals surface area contributed by atoms with E-state index in [4.69, 9.17) is 16.1 Å². The summed E-state index contributed by atoms with van der Waals surface area (Å²) in [6, 6.07) is 1.80. The number of carbonyl (C=O) groups is 1. The van der Waals surface area contributed by atoms with Gasteiger partial charge in [-0.1, -0.05) is 23.2 Å². The fourth-order valence-electron chi connectivity index (χ4n) is 4.15. The second-order valence-corrected chi connectivity index (χ2v) is 7.22. The summed E-state index contributed by atoms with van der Waals surface area (Å²) >= 11 is 6.13. The average molecular weight is 347 g/mol. The van der Waals surface area contributed by atoms with Crippen molar-refractivity contribution >= 4 is 17.5 Å². The topological polar surface area (TPSA) is 72.1 Å². The molecular weight excluding hydrogens is 328 g/mol. The highest BCUT2D eigenvalue weighted by Gasteiger charge is 2.55. The van der Waals surface area contributed by atoms with E-state index >= 15 is 0 Å². The maximum atomic E-state index is 12.8. The Bertz CT molecular complexity index is 777. The molecule has 24 heavy (non-hydrogen) atoms. The molecule has 0 bridgehead atoms. The molecule has 3 heterocycles. The van der Waals surface area contributed by atoms with Crippen LogP contribution in [-0.2, 0) is 16.6 Å². The first-order valence-corrected chi connectivity index (χ1v) is 8.63. The highest BCUT2D eigenvalue weighted by molar-refractivity contribution is 6.31. The van der Waals surface area contributed by atoms with Gasteiger partial charge >= 0.3 is 0 Å². The van der Waals surface area contributed by atoms with Crippen molar-refractivity contribution in [2.45, 2.75) is 38.0 Å². The van der Waals surface area contributed by atoms with Gasteiger partial charge in [0.05, 0.1) is 16.9 Å². The monoisotopic (exact) mass is 346 g/mol. The van der Waals surface area contributed by atoms with E-state index in [9.17, 15) is 4.79 Å². The third-order valence-corrected chi connectivity index (χ3v) is 5.72. The van der Waals surface area contributed by atoms with E-state index in [2.05, 4.69) is 15.1 Å². The molecule has 0 radical (unpaired) electrons. The molecule has 0 aromatic carbocycles. The lowest BCUT2D eigenvalue weighted by Crippen LogP contribution is -2.35. The number of likely N-dealkylation sites (tertiary alicyclic amines) is 1. The van der Waals surface area contributed by atoms with Gasteiger partial charge in [-0.25, -0.2) is 0 Å². The highest BCUT2D eigenvalue weighted by Crippen LogP contribution is 2.50. The van der Waals surface area contributed by atoms with Crippen molar-refractivity contribution < 1.29 is 9.32 Å².